The van der Waals surface area contributed by atoms with E-state index < -0.39 is 0 Å². The first-order chi connectivity index (χ1) is 8.65. The minimum Gasteiger partial charge on any atom is -0.396 e. The second-order valence-electron chi connectivity index (χ2n) is 4.37. The number of aryl methyl sites for hydroxylation is 1. The lowest BCUT2D eigenvalue weighted by Crippen LogP contribution is -2.33. The van der Waals surface area contributed by atoms with Crippen LogP contribution in [0, 0.1) is 6.92 Å². The zero-order chi connectivity index (χ0) is 13.4. The Labute approximate surface area is 109 Å². The van der Waals surface area contributed by atoms with Gasteiger partial charge in [-0.05, 0) is 31.4 Å². The molecule has 0 aliphatic carbocycles. The van der Waals surface area contributed by atoms with E-state index in [1.165, 1.54) is 11.6 Å². The predicted octanol–water partition coefficient (Wildman–Crippen LogP) is 2.29. The van der Waals surface area contributed by atoms with Crippen LogP contribution in [-0.4, -0.2) is 23.7 Å². The second kappa shape index (κ2) is 7.67. The topological polar surface area (TPSA) is 49.3 Å². The van der Waals surface area contributed by atoms with Crippen LogP contribution in [0.15, 0.2) is 30.3 Å². The summed E-state index contributed by atoms with van der Waals surface area (Å²) in [6.45, 7) is 4.12. The molecule has 1 aromatic rings. The Kier molecular flexibility index (Phi) is 6.15. The van der Waals surface area contributed by atoms with Crippen molar-refractivity contribution < 1.29 is 9.90 Å². The monoisotopic (exact) mass is 247 g/mol. The van der Waals surface area contributed by atoms with Crippen molar-refractivity contribution in [3.63, 3.8) is 0 Å². The fourth-order valence-electron chi connectivity index (χ4n) is 1.63. The van der Waals surface area contributed by atoms with Crippen molar-refractivity contribution in [1.82, 2.24) is 5.32 Å². The van der Waals surface area contributed by atoms with Crippen LogP contribution in [0.2, 0.25) is 0 Å². The average Bonchev–Trinajstić information content (AvgIpc) is 2.37. The van der Waals surface area contributed by atoms with Crippen LogP contribution in [0.25, 0.3) is 6.08 Å². The Balaban J connectivity index is 2.50. The summed E-state index contributed by atoms with van der Waals surface area (Å²) in [6.07, 6.45) is 4.75. The average molecular weight is 247 g/mol. The number of hydrogen-bond donors (Lipinski definition) is 2. The molecule has 3 heteroatoms. The van der Waals surface area contributed by atoms with Gasteiger partial charge in [0.25, 0.3) is 0 Å². The van der Waals surface area contributed by atoms with E-state index in [1.54, 1.807) is 6.08 Å². The number of rotatable bonds is 6. The zero-order valence-electron chi connectivity index (χ0n) is 11.0. The number of carbonyl (C=O) groups excluding carboxylic acids is 1. The fourth-order valence-corrected chi connectivity index (χ4v) is 1.63. The summed E-state index contributed by atoms with van der Waals surface area (Å²) in [4.78, 5) is 11.6. The van der Waals surface area contributed by atoms with Gasteiger partial charge in [0.2, 0.25) is 5.91 Å². The molecule has 0 aliphatic rings. The molecule has 3 nitrogen and oxygen atoms in total. The lowest BCUT2D eigenvalue weighted by atomic mass is 10.1. The number of hydrogen-bond acceptors (Lipinski definition) is 2. The van der Waals surface area contributed by atoms with E-state index in [4.69, 9.17) is 5.11 Å². The third kappa shape index (κ3) is 5.15. The number of aliphatic hydroxyl groups excluding tert-OH is 1. The van der Waals surface area contributed by atoms with Gasteiger partial charge >= 0.3 is 0 Å². The highest BCUT2D eigenvalue weighted by molar-refractivity contribution is 5.91. The number of carbonyl (C=O) groups is 1. The molecule has 1 amide bonds. The molecule has 0 fully saturated rings. The molecule has 1 rings (SSSR count). The molecule has 1 unspecified atom stereocenters. The van der Waals surface area contributed by atoms with Crippen molar-refractivity contribution in [1.29, 1.82) is 0 Å². The first-order valence-electron chi connectivity index (χ1n) is 6.31. The van der Waals surface area contributed by atoms with Crippen LogP contribution in [0.5, 0.6) is 0 Å². The van der Waals surface area contributed by atoms with E-state index in [-0.39, 0.29) is 18.6 Å². The summed E-state index contributed by atoms with van der Waals surface area (Å²) >= 11 is 0. The molecular formula is C15H21NO2. The first-order valence-corrected chi connectivity index (χ1v) is 6.31. The summed E-state index contributed by atoms with van der Waals surface area (Å²) < 4.78 is 0. The molecular weight excluding hydrogens is 226 g/mol. The quantitative estimate of drug-likeness (QED) is 0.758. The fraction of sp³-hybridized carbons (Fsp3) is 0.400. The molecule has 1 atom stereocenters. The maximum Gasteiger partial charge on any atom is 0.244 e. The van der Waals surface area contributed by atoms with Gasteiger partial charge < -0.3 is 10.4 Å². The summed E-state index contributed by atoms with van der Waals surface area (Å²) in [5.41, 5.74) is 2.21. The van der Waals surface area contributed by atoms with Crippen molar-refractivity contribution in [2.75, 3.05) is 6.61 Å². The van der Waals surface area contributed by atoms with Crippen LogP contribution in [0.3, 0.4) is 0 Å². The molecule has 0 aromatic heterocycles. The minimum absolute atomic E-state index is 0.0465. The highest BCUT2D eigenvalue weighted by Gasteiger charge is 2.06. The maximum atomic E-state index is 11.6. The van der Waals surface area contributed by atoms with Crippen LogP contribution >= 0.6 is 0 Å². The largest absolute Gasteiger partial charge is 0.396 e. The standard InChI is InChI=1S/C15H21NO2/c1-3-14(10-11-17)16-15(18)9-8-13-6-4-12(2)5-7-13/h4-9,14,17H,3,10-11H2,1-2H3,(H,16,18)/b9-8+. The van der Waals surface area contributed by atoms with Gasteiger partial charge in [-0.25, -0.2) is 0 Å². The molecule has 0 aliphatic heterocycles. The van der Waals surface area contributed by atoms with Crippen LogP contribution in [-0.2, 0) is 4.79 Å². The van der Waals surface area contributed by atoms with Gasteiger partial charge in [-0.1, -0.05) is 36.8 Å². The zero-order valence-corrected chi connectivity index (χ0v) is 11.0. The van der Waals surface area contributed by atoms with Crippen molar-refractivity contribution in [2.45, 2.75) is 32.7 Å². The molecule has 0 radical (unpaired) electrons. The van der Waals surface area contributed by atoms with E-state index in [2.05, 4.69) is 5.32 Å². The lowest BCUT2D eigenvalue weighted by molar-refractivity contribution is -0.117. The van der Waals surface area contributed by atoms with Gasteiger partial charge in [-0.3, -0.25) is 4.79 Å². The van der Waals surface area contributed by atoms with E-state index in [0.717, 1.165) is 12.0 Å². The first kappa shape index (κ1) is 14.5. The molecule has 0 spiro atoms. The highest BCUT2D eigenvalue weighted by Crippen LogP contribution is 2.05. The number of amides is 1. The van der Waals surface area contributed by atoms with Gasteiger partial charge in [0.05, 0.1) is 0 Å². The Morgan fingerprint density at radius 2 is 2.06 bits per heavy atom. The van der Waals surface area contributed by atoms with Crippen molar-refractivity contribution in [3.8, 4) is 0 Å². The van der Waals surface area contributed by atoms with Crippen LogP contribution in [0.4, 0.5) is 0 Å². The van der Waals surface area contributed by atoms with Gasteiger partial charge in [0.1, 0.15) is 0 Å². The summed E-state index contributed by atoms with van der Waals surface area (Å²) in [7, 11) is 0. The number of nitrogens with one attached hydrogen (secondary N) is 1. The Bertz CT molecular complexity index is 395. The maximum absolute atomic E-state index is 11.6. The van der Waals surface area contributed by atoms with Crippen molar-refractivity contribution in [3.05, 3.63) is 41.5 Å². The minimum atomic E-state index is -0.115. The summed E-state index contributed by atoms with van der Waals surface area (Å²) in [5.74, 6) is -0.115. The predicted molar refractivity (Wildman–Crippen MR) is 74.1 cm³/mol. The van der Waals surface area contributed by atoms with E-state index >= 15 is 0 Å². The number of aliphatic hydroxyl groups is 1. The Morgan fingerprint density at radius 1 is 1.39 bits per heavy atom. The molecule has 0 saturated carbocycles. The molecule has 1 aromatic carbocycles. The van der Waals surface area contributed by atoms with E-state index in [1.807, 2.05) is 38.1 Å². The van der Waals surface area contributed by atoms with Crippen molar-refractivity contribution >= 4 is 12.0 Å². The summed E-state index contributed by atoms with van der Waals surface area (Å²) in [5, 5.41) is 11.7. The highest BCUT2D eigenvalue weighted by atomic mass is 16.3. The molecule has 0 bridgehead atoms. The third-order valence-electron chi connectivity index (χ3n) is 2.82. The lowest BCUT2D eigenvalue weighted by Gasteiger charge is -2.13. The molecule has 98 valence electrons. The Morgan fingerprint density at radius 3 is 2.61 bits per heavy atom. The van der Waals surface area contributed by atoms with Gasteiger partial charge in [0, 0.05) is 18.7 Å². The normalized spacial score (nSPS) is 12.6. The second-order valence-corrected chi connectivity index (χ2v) is 4.37. The van der Waals surface area contributed by atoms with Crippen LogP contribution in [0.1, 0.15) is 30.9 Å². The Hall–Kier alpha value is -1.61. The molecule has 0 saturated heterocycles. The van der Waals surface area contributed by atoms with Gasteiger partial charge in [0.15, 0.2) is 0 Å². The summed E-state index contributed by atoms with van der Waals surface area (Å²) in [6, 6.07) is 8.02. The van der Waals surface area contributed by atoms with Gasteiger partial charge in [-0.2, -0.15) is 0 Å². The van der Waals surface area contributed by atoms with E-state index in [9.17, 15) is 4.79 Å². The number of benzene rings is 1. The van der Waals surface area contributed by atoms with E-state index in [0.29, 0.717) is 6.42 Å². The van der Waals surface area contributed by atoms with Crippen molar-refractivity contribution in [2.24, 2.45) is 0 Å². The third-order valence-corrected chi connectivity index (χ3v) is 2.82. The SMILES string of the molecule is CCC(CCO)NC(=O)/C=C/c1ccc(C)cc1. The molecule has 18 heavy (non-hydrogen) atoms. The molecule has 0 heterocycles. The molecule has 2 N–H and O–H groups in total. The smallest absolute Gasteiger partial charge is 0.244 e. The van der Waals surface area contributed by atoms with Gasteiger partial charge in [-0.15, -0.1) is 0 Å². The van der Waals surface area contributed by atoms with Crippen LogP contribution < -0.4 is 5.32 Å².